The van der Waals surface area contributed by atoms with Crippen LogP contribution >= 0.6 is 0 Å². The van der Waals surface area contributed by atoms with Crippen LogP contribution in [0.2, 0.25) is 0 Å². The third kappa shape index (κ3) is 2.66. The molecule has 1 aliphatic rings. The number of hydrogen-bond acceptors (Lipinski definition) is 3. The topological polar surface area (TPSA) is 61.0 Å². The second-order valence-electron chi connectivity index (χ2n) is 5.10. The second kappa shape index (κ2) is 5.36. The molecule has 1 aliphatic heterocycles. The number of anilines is 2. The summed E-state index contributed by atoms with van der Waals surface area (Å²) in [4.78, 5) is 13.6. The summed E-state index contributed by atoms with van der Waals surface area (Å²) in [5.41, 5.74) is 4.00. The molecule has 5 heteroatoms. The van der Waals surface area contributed by atoms with E-state index in [9.17, 15) is 4.79 Å². The lowest BCUT2D eigenvalue weighted by Crippen LogP contribution is -2.23. The average Bonchev–Trinajstić information content (AvgIpc) is 3.05. The highest BCUT2D eigenvalue weighted by Gasteiger charge is 2.21. The lowest BCUT2D eigenvalue weighted by atomic mass is 10.2. The molecule has 20 heavy (non-hydrogen) atoms. The molecule has 0 atom stereocenters. The van der Waals surface area contributed by atoms with Gasteiger partial charge in [-0.25, -0.2) is 0 Å². The molecule has 0 spiro atoms. The molecule has 0 radical (unpaired) electrons. The van der Waals surface area contributed by atoms with Crippen molar-refractivity contribution in [2.75, 3.05) is 16.8 Å². The molecule has 5 nitrogen and oxygen atoms in total. The zero-order valence-corrected chi connectivity index (χ0v) is 11.5. The Labute approximate surface area is 118 Å². The van der Waals surface area contributed by atoms with Crippen LogP contribution in [0.25, 0.3) is 0 Å². The minimum atomic E-state index is 0.213. The van der Waals surface area contributed by atoms with E-state index in [1.165, 1.54) is 0 Å². The van der Waals surface area contributed by atoms with Gasteiger partial charge in [-0.2, -0.15) is 5.10 Å². The Morgan fingerprint density at radius 1 is 1.40 bits per heavy atom. The summed E-state index contributed by atoms with van der Waals surface area (Å²) in [6.07, 6.45) is 1.60. The molecule has 1 saturated heterocycles. The summed E-state index contributed by atoms with van der Waals surface area (Å²) in [7, 11) is 0. The zero-order chi connectivity index (χ0) is 13.9. The van der Waals surface area contributed by atoms with Gasteiger partial charge < -0.3 is 10.2 Å². The van der Waals surface area contributed by atoms with Crippen LogP contribution in [0.1, 0.15) is 24.2 Å². The monoisotopic (exact) mass is 270 g/mol. The Morgan fingerprint density at radius 2 is 2.30 bits per heavy atom. The van der Waals surface area contributed by atoms with Crippen molar-refractivity contribution >= 4 is 17.3 Å². The Morgan fingerprint density at radius 3 is 3.00 bits per heavy atom. The third-order valence-electron chi connectivity index (χ3n) is 3.46. The average molecular weight is 270 g/mol. The van der Waals surface area contributed by atoms with E-state index < -0.39 is 0 Å². The highest BCUT2D eigenvalue weighted by atomic mass is 16.2. The summed E-state index contributed by atoms with van der Waals surface area (Å²) in [5.74, 6) is 0.213. The number of carbonyl (C=O) groups is 1. The van der Waals surface area contributed by atoms with Gasteiger partial charge in [-0.3, -0.25) is 9.89 Å². The van der Waals surface area contributed by atoms with E-state index in [2.05, 4.69) is 15.5 Å². The highest BCUT2D eigenvalue weighted by molar-refractivity contribution is 5.95. The first-order valence-corrected chi connectivity index (χ1v) is 6.87. The SMILES string of the molecule is Cc1cc(CNc2cccc(N3CCCC3=O)c2)n[nH]1. The lowest BCUT2D eigenvalue weighted by molar-refractivity contribution is -0.117. The molecule has 0 unspecified atom stereocenters. The fourth-order valence-electron chi connectivity index (χ4n) is 2.46. The largest absolute Gasteiger partial charge is 0.379 e. The number of amides is 1. The minimum Gasteiger partial charge on any atom is -0.379 e. The van der Waals surface area contributed by atoms with Crippen LogP contribution in [-0.4, -0.2) is 22.6 Å². The van der Waals surface area contributed by atoms with E-state index in [1.54, 1.807) is 0 Å². The van der Waals surface area contributed by atoms with Gasteiger partial charge in [0.15, 0.2) is 0 Å². The molecule has 104 valence electrons. The van der Waals surface area contributed by atoms with Crippen LogP contribution in [0.15, 0.2) is 30.3 Å². The van der Waals surface area contributed by atoms with Crippen molar-refractivity contribution in [3.63, 3.8) is 0 Å². The Hall–Kier alpha value is -2.30. The number of nitrogens with zero attached hydrogens (tertiary/aromatic N) is 2. The number of benzene rings is 1. The number of nitrogens with one attached hydrogen (secondary N) is 2. The summed E-state index contributed by atoms with van der Waals surface area (Å²) >= 11 is 0. The van der Waals surface area contributed by atoms with Gasteiger partial charge in [0, 0.05) is 30.0 Å². The van der Waals surface area contributed by atoms with E-state index in [0.717, 1.165) is 35.7 Å². The van der Waals surface area contributed by atoms with Crippen molar-refractivity contribution in [2.24, 2.45) is 0 Å². The summed E-state index contributed by atoms with van der Waals surface area (Å²) in [5, 5.41) is 10.4. The van der Waals surface area contributed by atoms with E-state index in [0.29, 0.717) is 13.0 Å². The van der Waals surface area contributed by atoms with Crippen molar-refractivity contribution in [1.29, 1.82) is 0 Å². The molecule has 1 amide bonds. The van der Waals surface area contributed by atoms with Crippen LogP contribution in [0.4, 0.5) is 11.4 Å². The first-order chi connectivity index (χ1) is 9.72. The molecule has 2 heterocycles. The maximum absolute atomic E-state index is 11.8. The first kappa shape index (κ1) is 12.7. The van der Waals surface area contributed by atoms with E-state index >= 15 is 0 Å². The molecule has 2 N–H and O–H groups in total. The molecule has 2 aromatic rings. The van der Waals surface area contributed by atoms with Crippen molar-refractivity contribution < 1.29 is 4.79 Å². The molecular weight excluding hydrogens is 252 g/mol. The normalized spacial score (nSPS) is 14.8. The number of hydrogen-bond donors (Lipinski definition) is 2. The van der Waals surface area contributed by atoms with Crippen molar-refractivity contribution in [2.45, 2.75) is 26.3 Å². The molecule has 0 saturated carbocycles. The zero-order valence-electron chi connectivity index (χ0n) is 11.5. The van der Waals surface area contributed by atoms with Crippen molar-refractivity contribution in [3.05, 3.63) is 41.7 Å². The third-order valence-corrected chi connectivity index (χ3v) is 3.46. The molecule has 0 aliphatic carbocycles. The van der Waals surface area contributed by atoms with Crippen LogP contribution < -0.4 is 10.2 Å². The second-order valence-corrected chi connectivity index (χ2v) is 5.10. The van der Waals surface area contributed by atoms with Gasteiger partial charge in [-0.05, 0) is 37.6 Å². The summed E-state index contributed by atoms with van der Waals surface area (Å²) in [6, 6.07) is 9.99. The van der Waals surface area contributed by atoms with E-state index in [1.807, 2.05) is 42.2 Å². The predicted octanol–water partition coefficient (Wildman–Crippen LogP) is 2.46. The van der Waals surface area contributed by atoms with Crippen LogP contribution in [-0.2, 0) is 11.3 Å². The minimum absolute atomic E-state index is 0.213. The molecule has 1 fully saturated rings. The fraction of sp³-hybridized carbons (Fsp3) is 0.333. The maximum Gasteiger partial charge on any atom is 0.227 e. The van der Waals surface area contributed by atoms with E-state index in [4.69, 9.17) is 0 Å². The number of rotatable bonds is 4. The Kier molecular flexibility index (Phi) is 3.41. The molecule has 3 rings (SSSR count). The molecule has 1 aromatic heterocycles. The predicted molar refractivity (Wildman–Crippen MR) is 78.7 cm³/mol. The number of H-pyrrole nitrogens is 1. The maximum atomic E-state index is 11.8. The number of aryl methyl sites for hydroxylation is 1. The van der Waals surface area contributed by atoms with Gasteiger partial charge in [0.25, 0.3) is 0 Å². The number of aromatic nitrogens is 2. The molecular formula is C15H18N4O. The number of carbonyl (C=O) groups excluding carboxylic acids is 1. The Bertz CT molecular complexity index is 620. The van der Waals surface area contributed by atoms with Crippen molar-refractivity contribution in [3.8, 4) is 0 Å². The lowest BCUT2D eigenvalue weighted by Gasteiger charge is -2.16. The van der Waals surface area contributed by atoms with Crippen LogP contribution in [0.3, 0.4) is 0 Å². The quantitative estimate of drug-likeness (QED) is 0.897. The van der Waals surface area contributed by atoms with Crippen LogP contribution in [0, 0.1) is 6.92 Å². The van der Waals surface area contributed by atoms with Gasteiger partial charge in [-0.15, -0.1) is 0 Å². The van der Waals surface area contributed by atoms with Gasteiger partial charge in [0.05, 0.1) is 12.2 Å². The van der Waals surface area contributed by atoms with Gasteiger partial charge in [0.2, 0.25) is 5.91 Å². The smallest absolute Gasteiger partial charge is 0.227 e. The molecule has 1 aromatic carbocycles. The van der Waals surface area contributed by atoms with Gasteiger partial charge in [0.1, 0.15) is 0 Å². The van der Waals surface area contributed by atoms with Crippen LogP contribution in [0.5, 0.6) is 0 Å². The van der Waals surface area contributed by atoms with Gasteiger partial charge >= 0.3 is 0 Å². The van der Waals surface area contributed by atoms with Crippen molar-refractivity contribution in [1.82, 2.24) is 10.2 Å². The van der Waals surface area contributed by atoms with E-state index in [-0.39, 0.29) is 5.91 Å². The number of aromatic amines is 1. The standard InChI is InChI=1S/C15H18N4O/c1-11-8-13(18-17-11)10-16-12-4-2-5-14(9-12)19-7-3-6-15(19)20/h2,4-5,8-9,16H,3,6-7,10H2,1H3,(H,17,18). The highest BCUT2D eigenvalue weighted by Crippen LogP contribution is 2.24. The summed E-state index contributed by atoms with van der Waals surface area (Å²) in [6.45, 7) is 3.47. The van der Waals surface area contributed by atoms with Gasteiger partial charge in [-0.1, -0.05) is 6.07 Å². The summed E-state index contributed by atoms with van der Waals surface area (Å²) < 4.78 is 0. The molecule has 0 bridgehead atoms. The Balaban J connectivity index is 1.69. The first-order valence-electron chi connectivity index (χ1n) is 6.87. The fourth-order valence-corrected chi connectivity index (χ4v) is 2.46.